The van der Waals surface area contributed by atoms with E-state index < -0.39 is 0 Å². The van der Waals surface area contributed by atoms with E-state index in [2.05, 4.69) is 9.97 Å². The maximum absolute atomic E-state index is 12.3. The van der Waals surface area contributed by atoms with Crippen molar-refractivity contribution in [2.75, 3.05) is 19.7 Å². The van der Waals surface area contributed by atoms with Crippen molar-refractivity contribution in [2.24, 2.45) is 0 Å². The summed E-state index contributed by atoms with van der Waals surface area (Å²) in [5, 5.41) is 1.91. The summed E-state index contributed by atoms with van der Waals surface area (Å²) < 4.78 is 5.67. The summed E-state index contributed by atoms with van der Waals surface area (Å²) in [7, 11) is 0. The van der Waals surface area contributed by atoms with Gasteiger partial charge < -0.3 is 9.64 Å². The molecular weight excluding hydrogens is 262 g/mol. The highest BCUT2D eigenvalue weighted by Crippen LogP contribution is 2.22. The highest BCUT2D eigenvalue weighted by molar-refractivity contribution is 7.12. The molecule has 0 spiro atoms. The summed E-state index contributed by atoms with van der Waals surface area (Å²) in [5.41, 5.74) is 0.770. The van der Waals surface area contributed by atoms with E-state index in [0.29, 0.717) is 19.7 Å². The van der Waals surface area contributed by atoms with Crippen molar-refractivity contribution in [3.8, 4) is 0 Å². The van der Waals surface area contributed by atoms with E-state index in [-0.39, 0.29) is 12.0 Å². The molecule has 0 saturated carbocycles. The maximum Gasteiger partial charge on any atom is 0.264 e. The first kappa shape index (κ1) is 12.3. The molecule has 3 heterocycles. The molecule has 3 rings (SSSR count). The third-order valence-electron chi connectivity index (χ3n) is 3.00. The first-order valence-electron chi connectivity index (χ1n) is 6.05. The Labute approximate surface area is 114 Å². The quantitative estimate of drug-likeness (QED) is 0.838. The van der Waals surface area contributed by atoms with Crippen molar-refractivity contribution in [3.63, 3.8) is 0 Å². The van der Waals surface area contributed by atoms with Gasteiger partial charge in [0.15, 0.2) is 0 Å². The Morgan fingerprint density at radius 1 is 1.47 bits per heavy atom. The SMILES string of the molecule is O=C(c1cccs1)N1CCO[C@H](c2cnccn2)C1. The van der Waals surface area contributed by atoms with Gasteiger partial charge in [0.05, 0.1) is 29.9 Å². The van der Waals surface area contributed by atoms with Crippen molar-refractivity contribution < 1.29 is 9.53 Å². The zero-order chi connectivity index (χ0) is 13.1. The average Bonchev–Trinajstić information content (AvgIpc) is 3.02. The van der Waals surface area contributed by atoms with Gasteiger partial charge in [0.1, 0.15) is 6.10 Å². The second kappa shape index (κ2) is 5.46. The number of amides is 1. The first-order valence-corrected chi connectivity index (χ1v) is 6.93. The molecule has 98 valence electrons. The molecule has 1 aliphatic heterocycles. The molecule has 0 aromatic carbocycles. The highest BCUT2D eigenvalue weighted by atomic mass is 32.1. The van der Waals surface area contributed by atoms with Gasteiger partial charge in [0, 0.05) is 18.9 Å². The minimum Gasteiger partial charge on any atom is -0.368 e. The fourth-order valence-corrected chi connectivity index (χ4v) is 2.74. The molecule has 2 aromatic heterocycles. The fourth-order valence-electron chi connectivity index (χ4n) is 2.05. The molecule has 19 heavy (non-hydrogen) atoms. The summed E-state index contributed by atoms with van der Waals surface area (Å²) >= 11 is 1.46. The van der Waals surface area contributed by atoms with E-state index in [1.165, 1.54) is 11.3 Å². The molecule has 0 unspecified atom stereocenters. The van der Waals surface area contributed by atoms with Crippen molar-refractivity contribution >= 4 is 17.2 Å². The maximum atomic E-state index is 12.3. The first-order chi connectivity index (χ1) is 9.34. The monoisotopic (exact) mass is 275 g/mol. The molecule has 1 fully saturated rings. The molecule has 0 bridgehead atoms. The predicted molar refractivity (Wildman–Crippen MR) is 70.9 cm³/mol. The molecule has 6 heteroatoms. The third kappa shape index (κ3) is 2.64. The lowest BCUT2D eigenvalue weighted by atomic mass is 10.2. The van der Waals surface area contributed by atoms with Crippen LogP contribution in [-0.2, 0) is 4.74 Å². The van der Waals surface area contributed by atoms with E-state index in [1.54, 1.807) is 18.6 Å². The highest BCUT2D eigenvalue weighted by Gasteiger charge is 2.27. The van der Waals surface area contributed by atoms with Crippen molar-refractivity contribution in [3.05, 3.63) is 46.7 Å². The van der Waals surface area contributed by atoms with Crippen LogP contribution < -0.4 is 0 Å². The molecule has 1 atom stereocenters. The minimum absolute atomic E-state index is 0.0622. The molecule has 2 aromatic rings. The lowest BCUT2D eigenvalue weighted by Crippen LogP contribution is -2.42. The van der Waals surface area contributed by atoms with Gasteiger partial charge in [-0.1, -0.05) is 6.07 Å². The number of ether oxygens (including phenoxy) is 1. The lowest BCUT2D eigenvalue weighted by Gasteiger charge is -2.32. The number of carbonyl (C=O) groups excluding carboxylic acids is 1. The number of carbonyl (C=O) groups is 1. The Hall–Kier alpha value is -1.79. The number of hydrogen-bond acceptors (Lipinski definition) is 5. The van der Waals surface area contributed by atoms with Crippen molar-refractivity contribution in [2.45, 2.75) is 6.10 Å². The van der Waals surface area contributed by atoms with Gasteiger partial charge in [0.25, 0.3) is 5.91 Å². The Morgan fingerprint density at radius 2 is 2.42 bits per heavy atom. The van der Waals surface area contributed by atoms with Gasteiger partial charge in [-0.2, -0.15) is 0 Å². The van der Waals surface area contributed by atoms with Crippen LogP contribution in [0.5, 0.6) is 0 Å². The van der Waals surface area contributed by atoms with Crippen LogP contribution in [0.3, 0.4) is 0 Å². The fraction of sp³-hybridized carbons (Fsp3) is 0.308. The van der Waals surface area contributed by atoms with Crippen molar-refractivity contribution in [1.82, 2.24) is 14.9 Å². The molecule has 1 aliphatic rings. The smallest absolute Gasteiger partial charge is 0.264 e. The van der Waals surface area contributed by atoms with Crippen LogP contribution in [0.2, 0.25) is 0 Å². The number of thiophene rings is 1. The summed E-state index contributed by atoms with van der Waals surface area (Å²) in [6.45, 7) is 1.67. The molecule has 1 amide bonds. The van der Waals surface area contributed by atoms with Gasteiger partial charge >= 0.3 is 0 Å². The standard InChI is InChI=1S/C13H13N3O2S/c17-13(12-2-1-7-19-12)16-5-6-18-11(9-16)10-8-14-3-4-15-10/h1-4,7-8,11H,5-6,9H2/t11-/m0/s1. The molecule has 0 radical (unpaired) electrons. The van der Waals surface area contributed by atoms with Crippen LogP contribution in [0.15, 0.2) is 36.1 Å². The third-order valence-corrected chi connectivity index (χ3v) is 3.86. The Bertz CT molecular complexity index is 544. The normalized spacial score (nSPS) is 19.4. The summed E-state index contributed by atoms with van der Waals surface area (Å²) in [5.74, 6) is 0.0622. The predicted octanol–water partition coefficient (Wildman–Crippen LogP) is 1.75. The number of nitrogens with zero attached hydrogens (tertiary/aromatic N) is 3. The summed E-state index contributed by atoms with van der Waals surface area (Å²) in [6, 6.07) is 3.73. The Kier molecular flexibility index (Phi) is 3.52. The average molecular weight is 275 g/mol. The van der Waals surface area contributed by atoms with Crippen LogP contribution in [0.25, 0.3) is 0 Å². The zero-order valence-electron chi connectivity index (χ0n) is 10.2. The van der Waals surface area contributed by atoms with E-state index in [9.17, 15) is 4.79 Å². The van der Waals surface area contributed by atoms with Gasteiger partial charge in [-0.05, 0) is 11.4 Å². The molecule has 1 saturated heterocycles. The topological polar surface area (TPSA) is 55.3 Å². The summed E-state index contributed by atoms with van der Waals surface area (Å²) in [6.07, 6.45) is 4.76. The number of rotatable bonds is 2. The van der Waals surface area contributed by atoms with Crippen LogP contribution >= 0.6 is 11.3 Å². The van der Waals surface area contributed by atoms with Crippen molar-refractivity contribution in [1.29, 1.82) is 0 Å². The molecular formula is C13H13N3O2S. The Balaban J connectivity index is 1.73. The molecule has 5 nitrogen and oxygen atoms in total. The van der Waals surface area contributed by atoms with Gasteiger partial charge in [-0.3, -0.25) is 14.8 Å². The second-order valence-corrected chi connectivity index (χ2v) is 5.17. The molecule has 0 aliphatic carbocycles. The zero-order valence-corrected chi connectivity index (χ0v) is 11.0. The molecule has 0 N–H and O–H groups in total. The van der Waals surface area contributed by atoms with E-state index in [4.69, 9.17) is 4.74 Å². The van der Waals surface area contributed by atoms with Gasteiger partial charge in [-0.15, -0.1) is 11.3 Å². The van der Waals surface area contributed by atoms with Gasteiger partial charge in [-0.25, -0.2) is 0 Å². The second-order valence-electron chi connectivity index (χ2n) is 4.22. The largest absolute Gasteiger partial charge is 0.368 e. The number of hydrogen-bond donors (Lipinski definition) is 0. The number of morpholine rings is 1. The van der Waals surface area contributed by atoms with Crippen LogP contribution in [0, 0.1) is 0 Å². The van der Waals surface area contributed by atoms with E-state index in [0.717, 1.165) is 10.6 Å². The van der Waals surface area contributed by atoms with Crippen LogP contribution in [0.4, 0.5) is 0 Å². The van der Waals surface area contributed by atoms with E-state index >= 15 is 0 Å². The van der Waals surface area contributed by atoms with Gasteiger partial charge in [0.2, 0.25) is 0 Å². The lowest BCUT2D eigenvalue weighted by molar-refractivity contribution is -0.0247. The minimum atomic E-state index is -0.189. The summed E-state index contributed by atoms with van der Waals surface area (Å²) in [4.78, 5) is 23.1. The van der Waals surface area contributed by atoms with Crippen LogP contribution in [0.1, 0.15) is 21.5 Å². The Morgan fingerprint density at radius 3 is 3.16 bits per heavy atom. The van der Waals surface area contributed by atoms with Crippen LogP contribution in [-0.4, -0.2) is 40.5 Å². The van der Waals surface area contributed by atoms with E-state index in [1.807, 2.05) is 22.4 Å². The number of aromatic nitrogens is 2.